The minimum Gasteiger partial charge on any atom is -0.377 e. The van der Waals surface area contributed by atoms with Crippen LogP contribution in [0, 0.1) is 0 Å². The molecule has 0 aliphatic rings. The Bertz CT molecular complexity index is 521. The minimum absolute atomic E-state index is 0.0838. The Kier molecular flexibility index (Phi) is 4.02. The van der Waals surface area contributed by atoms with Gasteiger partial charge in [0, 0.05) is 11.8 Å². The van der Waals surface area contributed by atoms with Crippen molar-refractivity contribution in [3.63, 3.8) is 0 Å². The first-order chi connectivity index (χ1) is 8.58. The maximum Gasteiger partial charge on any atom is 0.0791 e. The molecule has 0 saturated heterocycles. The van der Waals surface area contributed by atoms with Gasteiger partial charge in [0.05, 0.1) is 11.6 Å². The number of thiophene rings is 1. The fourth-order valence-corrected chi connectivity index (χ4v) is 3.03. The van der Waals surface area contributed by atoms with Gasteiger partial charge in [0.1, 0.15) is 0 Å². The lowest BCUT2D eigenvalue weighted by Gasteiger charge is -2.32. The third-order valence-corrected chi connectivity index (χ3v) is 4.56. The van der Waals surface area contributed by atoms with E-state index in [0.29, 0.717) is 0 Å². The average molecular weight is 264 g/mol. The highest BCUT2D eigenvalue weighted by molar-refractivity contribution is 7.17. The summed E-state index contributed by atoms with van der Waals surface area (Å²) in [6.07, 6.45) is 0.862. The number of hydrogen-bond acceptors (Lipinski definition) is 4. The van der Waals surface area contributed by atoms with Crippen LogP contribution in [0.2, 0.25) is 0 Å². The molecule has 2 aromatic rings. The Morgan fingerprint density at radius 3 is 2.78 bits per heavy atom. The van der Waals surface area contributed by atoms with Crippen LogP contribution >= 0.6 is 11.3 Å². The zero-order valence-corrected chi connectivity index (χ0v) is 11.9. The largest absolute Gasteiger partial charge is 0.377 e. The minimum atomic E-state index is -0.294. The van der Waals surface area contributed by atoms with Crippen molar-refractivity contribution in [2.75, 3.05) is 7.11 Å². The lowest BCUT2D eigenvalue weighted by Crippen LogP contribution is -2.52. The second kappa shape index (κ2) is 5.36. The van der Waals surface area contributed by atoms with E-state index in [4.69, 9.17) is 10.6 Å². The maximum absolute atomic E-state index is 5.67. The van der Waals surface area contributed by atoms with Crippen LogP contribution in [0.25, 0.3) is 10.1 Å². The van der Waals surface area contributed by atoms with Gasteiger partial charge in [-0.25, -0.2) is 0 Å². The van der Waals surface area contributed by atoms with E-state index in [-0.39, 0.29) is 11.6 Å². The lowest BCUT2D eigenvalue weighted by molar-refractivity contribution is -0.00995. The first-order valence-corrected chi connectivity index (χ1v) is 6.93. The van der Waals surface area contributed by atoms with Crippen LogP contribution < -0.4 is 11.3 Å². The molecule has 3 N–H and O–H groups in total. The van der Waals surface area contributed by atoms with E-state index in [1.807, 2.05) is 13.8 Å². The molecule has 1 unspecified atom stereocenters. The van der Waals surface area contributed by atoms with E-state index < -0.39 is 0 Å². The molecule has 1 aromatic carbocycles. The molecular formula is C14H20N2OS. The molecule has 0 bridgehead atoms. The van der Waals surface area contributed by atoms with Crippen LogP contribution in [0.5, 0.6) is 0 Å². The second-order valence-corrected chi connectivity index (χ2v) is 5.90. The number of hydrogen-bond donors (Lipinski definition) is 2. The van der Waals surface area contributed by atoms with Crippen molar-refractivity contribution in [2.24, 2.45) is 5.84 Å². The van der Waals surface area contributed by atoms with Gasteiger partial charge in [-0.2, -0.15) is 0 Å². The summed E-state index contributed by atoms with van der Waals surface area (Å²) in [5.41, 5.74) is 3.90. The van der Waals surface area contributed by atoms with Gasteiger partial charge < -0.3 is 4.74 Å². The molecule has 0 aliphatic heterocycles. The zero-order chi connectivity index (χ0) is 13.2. The van der Waals surface area contributed by atoms with Crippen molar-refractivity contribution in [3.05, 3.63) is 35.2 Å². The highest BCUT2D eigenvalue weighted by Crippen LogP contribution is 2.28. The molecular weight excluding hydrogens is 244 g/mol. The van der Waals surface area contributed by atoms with E-state index in [1.165, 1.54) is 15.6 Å². The Hall–Kier alpha value is -0.940. The van der Waals surface area contributed by atoms with Crippen molar-refractivity contribution in [1.29, 1.82) is 0 Å². The summed E-state index contributed by atoms with van der Waals surface area (Å²) in [5.74, 6) is 5.67. The Balaban J connectivity index is 2.27. The molecule has 18 heavy (non-hydrogen) atoms. The highest BCUT2D eigenvalue weighted by Gasteiger charge is 2.29. The van der Waals surface area contributed by atoms with Crippen molar-refractivity contribution in [1.82, 2.24) is 5.43 Å². The van der Waals surface area contributed by atoms with Crippen molar-refractivity contribution >= 4 is 21.4 Å². The SMILES string of the molecule is COC(C)(C)C(Cc1csc2ccccc12)NN. The number of hydrazine groups is 1. The first-order valence-electron chi connectivity index (χ1n) is 6.05. The predicted molar refractivity (Wildman–Crippen MR) is 77.7 cm³/mol. The molecule has 1 atom stereocenters. The molecule has 2 rings (SSSR count). The molecule has 0 spiro atoms. The van der Waals surface area contributed by atoms with Gasteiger partial charge in [-0.3, -0.25) is 11.3 Å². The molecule has 1 heterocycles. The normalized spacial score (nSPS) is 14.0. The Morgan fingerprint density at radius 2 is 2.11 bits per heavy atom. The monoisotopic (exact) mass is 264 g/mol. The van der Waals surface area contributed by atoms with Crippen LogP contribution in [-0.2, 0) is 11.2 Å². The van der Waals surface area contributed by atoms with Crippen LogP contribution in [-0.4, -0.2) is 18.8 Å². The molecule has 0 saturated carbocycles. The first kappa shape index (κ1) is 13.5. The quantitative estimate of drug-likeness (QED) is 0.645. The van der Waals surface area contributed by atoms with Gasteiger partial charge in [-0.15, -0.1) is 11.3 Å². The number of nitrogens with one attached hydrogen (secondary N) is 1. The lowest BCUT2D eigenvalue weighted by atomic mass is 9.92. The smallest absolute Gasteiger partial charge is 0.0791 e. The molecule has 0 radical (unpaired) electrons. The Labute approximate surface area is 112 Å². The molecule has 0 fully saturated rings. The van der Waals surface area contributed by atoms with Gasteiger partial charge in [0.15, 0.2) is 0 Å². The van der Waals surface area contributed by atoms with E-state index >= 15 is 0 Å². The van der Waals surface area contributed by atoms with Gasteiger partial charge >= 0.3 is 0 Å². The molecule has 0 aliphatic carbocycles. The predicted octanol–water partition coefficient (Wildman–Crippen LogP) is 2.70. The Morgan fingerprint density at radius 1 is 1.39 bits per heavy atom. The number of methoxy groups -OCH3 is 1. The molecule has 3 nitrogen and oxygen atoms in total. The number of fused-ring (bicyclic) bond motifs is 1. The number of benzene rings is 1. The van der Waals surface area contributed by atoms with Gasteiger partial charge in [0.2, 0.25) is 0 Å². The molecule has 0 amide bonds. The van der Waals surface area contributed by atoms with Crippen LogP contribution in [0.4, 0.5) is 0 Å². The van der Waals surface area contributed by atoms with Crippen molar-refractivity contribution in [3.8, 4) is 0 Å². The average Bonchev–Trinajstić information content (AvgIpc) is 2.79. The second-order valence-electron chi connectivity index (χ2n) is 4.99. The topological polar surface area (TPSA) is 47.3 Å². The highest BCUT2D eigenvalue weighted by atomic mass is 32.1. The molecule has 4 heteroatoms. The van der Waals surface area contributed by atoms with Crippen molar-refractivity contribution < 1.29 is 4.74 Å². The summed E-state index contributed by atoms with van der Waals surface area (Å²) in [6.45, 7) is 4.10. The van der Waals surface area contributed by atoms with Crippen LogP contribution in [0.3, 0.4) is 0 Å². The third-order valence-electron chi connectivity index (χ3n) is 3.55. The van der Waals surface area contributed by atoms with E-state index in [2.05, 4.69) is 35.1 Å². The summed E-state index contributed by atoms with van der Waals surface area (Å²) >= 11 is 1.78. The maximum atomic E-state index is 5.67. The van der Waals surface area contributed by atoms with Crippen molar-refractivity contribution in [2.45, 2.75) is 31.9 Å². The third kappa shape index (κ3) is 2.57. The van der Waals surface area contributed by atoms with Crippen LogP contribution in [0.1, 0.15) is 19.4 Å². The number of nitrogens with two attached hydrogens (primary N) is 1. The van der Waals surface area contributed by atoms with E-state index in [0.717, 1.165) is 6.42 Å². The van der Waals surface area contributed by atoms with Gasteiger partial charge in [0.25, 0.3) is 0 Å². The van der Waals surface area contributed by atoms with E-state index in [1.54, 1.807) is 18.4 Å². The standard InChI is InChI=1S/C14H20N2OS/c1-14(2,17-3)13(16-15)8-10-9-18-12-7-5-4-6-11(10)12/h4-7,9,13,16H,8,15H2,1-3H3. The summed E-state index contributed by atoms with van der Waals surface area (Å²) in [6, 6.07) is 8.54. The fraction of sp³-hybridized carbons (Fsp3) is 0.429. The number of ether oxygens (including phenoxy) is 1. The van der Waals surface area contributed by atoms with Gasteiger partial charge in [-0.05, 0) is 42.7 Å². The fourth-order valence-electron chi connectivity index (χ4n) is 2.06. The van der Waals surface area contributed by atoms with Crippen LogP contribution in [0.15, 0.2) is 29.6 Å². The summed E-state index contributed by atoms with van der Waals surface area (Å²) < 4.78 is 6.83. The zero-order valence-electron chi connectivity index (χ0n) is 11.1. The molecule has 98 valence electrons. The summed E-state index contributed by atoms with van der Waals surface area (Å²) in [7, 11) is 1.72. The summed E-state index contributed by atoms with van der Waals surface area (Å²) in [5, 5.41) is 3.52. The van der Waals surface area contributed by atoms with Gasteiger partial charge in [-0.1, -0.05) is 18.2 Å². The summed E-state index contributed by atoms with van der Waals surface area (Å²) in [4.78, 5) is 0. The number of rotatable bonds is 5. The molecule has 1 aromatic heterocycles. The van der Waals surface area contributed by atoms with E-state index in [9.17, 15) is 0 Å².